The van der Waals surface area contributed by atoms with Crippen molar-refractivity contribution >= 4 is 17.8 Å². The van der Waals surface area contributed by atoms with Crippen LogP contribution in [-0.2, 0) is 25.5 Å². The van der Waals surface area contributed by atoms with E-state index in [1.54, 1.807) is 24.3 Å². The molecule has 0 saturated carbocycles. The molecule has 0 aliphatic heterocycles. The second kappa shape index (κ2) is 11.8. The Hall–Kier alpha value is -4.79. The summed E-state index contributed by atoms with van der Waals surface area (Å²) in [5.74, 6) is -1.19. The summed E-state index contributed by atoms with van der Waals surface area (Å²) >= 11 is 0. The average molecular weight is 500 g/mol. The maximum Gasteiger partial charge on any atom is 0.338 e. The van der Waals surface area contributed by atoms with Crippen molar-refractivity contribution in [3.63, 3.8) is 0 Å². The van der Waals surface area contributed by atoms with E-state index in [1.807, 2.05) is 61.5 Å². The number of hydrogen-bond acceptors (Lipinski definition) is 8. The number of rotatable bonds is 9. The third-order valence-corrected chi connectivity index (χ3v) is 5.61. The number of esters is 2. The SMILES string of the molecule is COC(=O)C(Cc1ccccc1)NC(=O)COC(=O)c1ccc(-c2nnc(-c3ccccc3C)o2)cc1. The first-order chi connectivity index (χ1) is 17.9. The highest BCUT2D eigenvalue weighted by atomic mass is 16.5. The van der Waals surface area contributed by atoms with Crippen molar-refractivity contribution in [1.82, 2.24) is 15.5 Å². The van der Waals surface area contributed by atoms with E-state index in [0.29, 0.717) is 17.3 Å². The number of aryl methyl sites for hydroxylation is 1. The summed E-state index contributed by atoms with van der Waals surface area (Å²) in [6, 6.07) is 22.4. The third-order valence-electron chi connectivity index (χ3n) is 5.61. The lowest BCUT2D eigenvalue weighted by atomic mass is 10.1. The summed E-state index contributed by atoms with van der Waals surface area (Å²) in [7, 11) is 1.24. The van der Waals surface area contributed by atoms with E-state index in [9.17, 15) is 14.4 Å². The number of carbonyl (C=O) groups is 3. The zero-order chi connectivity index (χ0) is 26.2. The van der Waals surface area contributed by atoms with Gasteiger partial charge in [-0.05, 0) is 48.4 Å². The van der Waals surface area contributed by atoms with E-state index < -0.39 is 30.5 Å². The van der Waals surface area contributed by atoms with Crippen molar-refractivity contribution in [2.45, 2.75) is 19.4 Å². The number of carbonyl (C=O) groups excluding carboxylic acids is 3. The minimum atomic E-state index is -0.906. The molecular weight excluding hydrogens is 474 g/mol. The minimum Gasteiger partial charge on any atom is -0.467 e. The highest BCUT2D eigenvalue weighted by Crippen LogP contribution is 2.26. The predicted octanol–water partition coefficient (Wildman–Crippen LogP) is 3.77. The number of hydrogen-bond donors (Lipinski definition) is 1. The van der Waals surface area contributed by atoms with Gasteiger partial charge in [-0.25, -0.2) is 9.59 Å². The molecule has 0 spiro atoms. The van der Waals surface area contributed by atoms with E-state index in [1.165, 1.54) is 7.11 Å². The lowest BCUT2D eigenvalue weighted by Crippen LogP contribution is -2.44. The topological polar surface area (TPSA) is 121 Å². The van der Waals surface area contributed by atoms with Gasteiger partial charge in [0.15, 0.2) is 6.61 Å². The predicted molar refractivity (Wildman–Crippen MR) is 134 cm³/mol. The molecule has 0 fully saturated rings. The summed E-state index contributed by atoms with van der Waals surface area (Å²) in [6.45, 7) is 1.41. The fraction of sp³-hybridized carbons (Fsp3) is 0.179. The van der Waals surface area contributed by atoms with Gasteiger partial charge in [-0.2, -0.15) is 0 Å². The maximum absolute atomic E-state index is 12.4. The Balaban J connectivity index is 1.34. The first-order valence-electron chi connectivity index (χ1n) is 11.5. The molecule has 37 heavy (non-hydrogen) atoms. The van der Waals surface area contributed by atoms with Gasteiger partial charge in [-0.3, -0.25) is 4.79 Å². The van der Waals surface area contributed by atoms with Gasteiger partial charge in [-0.15, -0.1) is 10.2 Å². The number of aromatic nitrogens is 2. The van der Waals surface area contributed by atoms with E-state index >= 15 is 0 Å². The van der Waals surface area contributed by atoms with Crippen LogP contribution in [0.5, 0.6) is 0 Å². The molecule has 0 aliphatic rings. The number of benzene rings is 3. The number of ether oxygens (including phenoxy) is 2. The maximum atomic E-state index is 12.4. The standard InChI is InChI=1S/C28H25N3O6/c1-18-8-6-7-11-22(18)26-31-30-25(37-26)20-12-14-21(15-13-20)27(33)36-17-24(32)29-23(28(34)35-2)16-19-9-4-3-5-10-19/h3-15,23H,16-17H2,1-2H3,(H,29,32). The van der Waals surface area contributed by atoms with Crippen LogP contribution in [0.15, 0.2) is 83.3 Å². The molecule has 1 atom stereocenters. The van der Waals surface area contributed by atoms with Crippen LogP contribution in [-0.4, -0.2) is 47.8 Å². The molecule has 9 heteroatoms. The summed E-state index contributed by atoms with van der Waals surface area (Å²) in [6.07, 6.45) is 0.246. The Kier molecular flexibility index (Phi) is 8.05. The van der Waals surface area contributed by atoms with E-state index in [0.717, 1.165) is 16.7 Å². The van der Waals surface area contributed by atoms with Crippen LogP contribution in [0, 0.1) is 6.92 Å². The number of nitrogens with one attached hydrogen (secondary N) is 1. The van der Waals surface area contributed by atoms with Gasteiger partial charge in [0, 0.05) is 17.5 Å². The molecule has 4 aromatic rings. The minimum absolute atomic E-state index is 0.240. The van der Waals surface area contributed by atoms with Gasteiger partial charge >= 0.3 is 11.9 Å². The molecule has 0 bridgehead atoms. The van der Waals surface area contributed by atoms with Crippen molar-refractivity contribution in [3.8, 4) is 22.9 Å². The normalized spacial score (nSPS) is 11.4. The van der Waals surface area contributed by atoms with Crippen LogP contribution in [0.3, 0.4) is 0 Å². The Morgan fingerprint density at radius 3 is 2.27 bits per heavy atom. The smallest absolute Gasteiger partial charge is 0.338 e. The Morgan fingerprint density at radius 2 is 1.57 bits per heavy atom. The number of methoxy groups -OCH3 is 1. The van der Waals surface area contributed by atoms with Crippen LogP contribution in [0.1, 0.15) is 21.5 Å². The zero-order valence-corrected chi connectivity index (χ0v) is 20.3. The Morgan fingerprint density at radius 1 is 0.892 bits per heavy atom. The van der Waals surface area contributed by atoms with Gasteiger partial charge in [0.2, 0.25) is 11.8 Å². The van der Waals surface area contributed by atoms with Crippen LogP contribution in [0.4, 0.5) is 0 Å². The van der Waals surface area contributed by atoms with Gasteiger partial charge in [0.25, 0.3) is 5.91 Å². The lowest BCUT2D eigenvalue weighted by molar-refractivity contribution is -0.145. The zero-order valence-electron chi connectivity index (χ0n) is 20.3. The summed E-state index contributed by atoms with van der Waals surface area (Å²) < 4.78 is 15.7. The van der Waals surface area contributed by atoms with Crippen LogP contribution in [0.2, 0.25) is 0 Å². The summed E-state index contributed by atoms with van der Waals surface area (Å²) in [4.78, 5) is 36.9. The van der Waals surface area contributed by atoms with E-state index in [2.05, 4.69) is 15.5 Å². The van der Waals surface area contributed by atoms with Gasteiger partial charge in [0.05, 0.1) is 12.7 Å². The molecule has 4 rings (SSSR count). The molecule has 1 amide bonds. The average Bonchev–Trinajstić information content (AvgIpc) is 3.42. The molecule has 3 aromatic carbocycles. The lowest BCUT2D eigenvalue weighted by Gasteiger charge is -2.16. The first-order valence-corrected chi connectivity index (χ1v) is 11.5. The largest absolute Gasteiger partial charge is 0.467 e. The van der Waals surface area contributed by atoms with Crippen LogP contribution >= 0.6 is 0 Å². The van der Waals surface area contributed by atoms with Gasteiger partial charge in [0.1, 0.15) is 6.04 Å². The Labute approximate surface area is 213 Å². The fourth-order valence-corrected chi connectivity index (χ4v) is 3.65. The van der Waals surface area contributed by atoms with Crippen LogP contribution < -0.4 is 5.32 Å². The first kappa shape index (κ1) is 25.3. The quantitative estimate of drug-likeness (QED) is 0.346. The molecule has 1 heterocycles. The van der Waals surface area contributed by atoms with Crippen molar-refractivity contribution in [2.24, 2.45) is 0 Å². The summed E-state index contributed by atoms with van der Waals surface area (Å²) in [5.41, 5.74) is 3.57. The van der Waals surface area contributed by atoms with E-state index in [-0.39, 0.29) is 12.0 Å². The molecule has 0 aliphatic carbocycles. The van der Waals surface area contributed by atoms with Gasteiger partial charge in [-0.1, -0.05) is 48.5 Å². The molecule has 1 N–H and O–H groups in total. The second-order valence-electron chi connectivity index (χ2n) is 8.21. The monoisotopic (exact) mass is 499 g/mol. The molecule has 0 radical (unpaired) electrons. The highest BCUT2D eigenvalue weighted by Gasteiger charge is 2.23. The van der Waals surface area contributed by atoms with Gasteiger partial charge < -0.3 is 19.2 Å². The molecule has 9 nitrogen and oxygen atoms in total. The van der Waals surface area contributed by atoms with Crippen molar-refractivity contribution in [1.29, 1.82) is 0 Å². The second-order valence-corrected chi connectivity index (χ2v) is 8.21. The molecular formula is C28H25N3O6. The third kappa shape index (κ3) is 6.46. The number of nitrogens with zero attached hydrogens (tertiary/aromatic N) is 2. The number of amides is 1. The molecule has 1 unspecified atom stereocenters. The summed E-state index contributed by atoms with van der Waals surface area (Å²) in [5, 5.41) is 10.8. The van der Waals surface area contributed by atoms with Crippen molar-refractivity contribution < 1.29 is 28.3 Å². The molecule has 0 saturated heterocycles. The van der Waals surface area contributed by atoms with Crippen molar-refractivity contribution in [2.75, 3.05) is 13.7 Å². The van der Waals surface area contributed by atoms with E-state index in [4.69, 9.17) is 13.9 Å². The fourth-order valence-electron chi connectivity index (χ4n) is 3.65. The highest BCUT2D eigenvalue weighted by molar-refractivity contribution is 5.92. The molecule has 1 aromatic heterocycles. The molecule has 188 valence electrons. The Bertz CT molecular complexity index is 1380. The van der Waals surface area contributed by atoms with Crippen molar-refractivity contribution in [3.05, 3.63) is 95.6 Å². The van der Waals surface area contributed by atoms with Crippen LogP contribution in [0.25, 0.3) is 22.9 Å².